The van der Waals surface area contributed by atoms with E-state index >= 15 is 0 Å². The summed E-state index contributed by atoms with van der Waals surface area (Å²) in [6.45, 7) is 3.07. The highest BCUT2D eigenvalue weighted by Gasteiger charge is 2.34. The molecule has 0 radical (unpaired) electrons. The molecule has 0 bridgehead atoms. The van der Waals surface area contributed by atoms with E-state index in [1.165, 1.54) is 24.2 Å². The maximum atomic E-state index is 12.1. The number of nitrogen functional groups attached to an aromatic ring is 1. The van der Waals surface area contributed by atoms with Gasteiger partial charge in [0.25, 0.3) is 0 Å². The highest BCUT2D eigenvalue weighted by Crippen LogP contribution is 2.45. The fraction of sp³-hybridized carbons (Fsp3) is 0.643. The number of Topliss-reactive ketones (excluding diaryl/α,β-unsaturated/α-hetero) is 1. The Morgan fingerprint density at radius 3 is 2.79 bits per heavy atom. The van der Waals surface area contributed by atoms with Crippen molar-refractivity contribution in [2.75, 3.05) is 24.7 Å². The highest BCUT2D eigenvalue weighted by atomic mass is 32.1. The van der Waals surface area contributed by atoms with Crippen LogP contribution in [0.1, 0.15) is 48.7 Å². The zero-order chi connectivity index (χ0) is 13.8. The predicted molar refractivity (Wildman–Crippen MR) is 80.4 cm³/mol. The van der Waals surface area contributed by atoms with Gasteiger partial charge in [0.1, 0.15) is 5.00 Å². The highest BCUT2D eigenvalue weighted by molar-refractivity contribution is 7.19. The number of nitrogens with two attached hydrogens (primary N) is 1. The lowest BCUT2D eigenvalue weighted by molar-refractivity contribution is 0.0972. The molecule has 0 aromatic carbocycles. The van der Waals surface area contributed by atoms with Gasteiger partial charge in [0.2, 0.25) is 0 Å². The number of unbranched alkanes of at least 4 members (excludes halogenated alkanes) is 2. The second-order valence-electron chi connectivity index (χ2n) is 4.98. The third kappa shape index (κ3) is 3.21. The van der Waals surface area contributed by atoms with Gasteiger partial charge in [-0.15, -0.1) is 11.3 Å². The number of hydrogen-bond acceptors (Lipinski definition) is 5. The number of ketones is 1. The van der Waals surface area contributed by atoms with Crippen LogP contribution in [-0.2, 0) is 0 Å². The summed E-state index contributed by atoms with van der Waals surface area (Å²) in [5.41, 5.74) is 6.54. The fourth-order valence-electron chi connectivity index (χ4n) is 2.04. The average molecular weight is 282 g/mol. The van der Waals surface area contributed by atoms with E-state index in [0.29, 0.717) is 16.3 Å². The summed E-state index contributed by atoms with van der Waals surface area (Å²) in [5.74, 6) is 1.01. The summed E-state index contributed by atoms with van der Waals surface area (Å²) in [4.78, 5) is 12.8. The van der Waals surface area contributed by atoms with Gasteiger partial charge in [-0.3, -0.25) is 4.79 Å². The van der Waals surface area contributed by atoms with Gasteiger partial charge in [-0.2, -0.15) is 0 Å². The lowest BCUT2D eigenvalue weighted by Gasteiger charge is -2.06. The van der Waals surface area contributed by atoms with E-state index in [9.17, 15) is 4.79 Å². The van der Waals surface area contributed by atoms with Crippen LogP contribution in [-0.4, -0.2) is 19.4 Å². The van der Waals surface area contributed by atoms with E-state index in [1.54, 1.807) is 7.11 Å². The van der Waals surface area contributed by atoms with E-state index in [-0.39, 0.29) is 11.7 Å². The van der Waals surface area contributed by atoms with Gasteiger partial charge in [-0.05, 0) is 19.3 Å². The minimum Gasteiger partial charge on any atom is -0.492 e. The minimum absolute atomic E-state index is 0.183. The maximum Gasteiger partial charge on any atom is 0.178 e. The summed E-state index contributed by atoms with van der Waals surface area (Å²) in [7, 11) is 1.60. The topological polar surface area (TPSA) is 64.4 Å². The van der Waals surface area contributed by atoms with Crippen molar-refractivity contribution in [1.29, 1.82) is 0 Å². The summed E-state index contributed by atoms with van der Waals surface area (Å²) in [6.07, 6.45) is 5.50. The molecule has 106 valence electrons. The molecule has 1 aromatic rings. The molecule has 0 aliphatic heterocycles. The number of ether oxygens (including phenoxy) is 1. The van der Waals surface area contributed by atoms with Crippen molar-refractivity contribution in [3.63, 3.8) is 0 Å². The molecule has 0 unspecified atom stereocenters. The van der Waals surface area contributed by atoms with Crippen LogP contribution in [0.2, 0.25) is 0 Å². The van der Waals surface area contributed by atoms with Crippen LogP contribution < -0.4 is 15.8 Å². The second kappa shape index (κ2) is 6.28. The Balaban J connectivity index is 2.08. The molecule has 1 aliphatic carbocycles. The molecular weight excluding hydrogens is 260 g/mol. The van der Waals surface area contributed by atoms with E-state index in [4.69, 9.17) is 10.5 Å². The molecule has 0 atom stereocenters. The molecule has 4 nitrogen and oxygen atoms in total. The van der Waals surface area contributed by atoms with Crippen LogP contribution in [0.15, 0.2) is 0 Å². The Bertz CT molecular complexity index is 453. The molecule has 1 aromatic heterocycles. The molecule has 1 fully saturated rings. The number of carbonyl (C=O) groups is 1. The Hall–Kier alpha value is -1.23. The van der Waals surface area contributed by atoms with Gasteiger partial charge in [0, 0.05) is 12.5 Å². The van der Waals surface area contributed by atoms with Gasteiger partial charge in [0.15, 0.2) is 11.5 Å². The first-order valence-electron chi connectivity index (χ1n) is 6.93. The zero-order valence-electron chi connectivity index (χ0n) is 11.6. The van der Waals surface area contributed by atoms with Crippen LogP contribution in [0.3, 0.4) is 0 Å². The number of nitrogens with one attached hydrogen (secondary N) is 1. The molecule has 0 spiro atoms. The number of rotatable bonds is 8. The van der Waals surface area contributed by atoms with Crippen molar-refractivity contribution >= 4 is 27.8 Å². The molecule has 1 aliphatic rings. The largest absolute Gasteiger partial charge is 0.492 e. The van der Waals surface area contributed by atoms with Crippen LogP contribution in [0.4, 0.5) is 10.7 Å². The molecule has 19 heavy (non-hydrogen) atoms. The molecule has 5 heteroatoms. The molecule has 1 heterocycles. The van der Waals surface area contributed by atoms with Crippen LogP contribution in [0, 0.1) is 5.92 Å². The lowest BCUT2D eigenvalue weighted by Crippen LogP contribution is -2.02. The number of methoxy groups -OCH3 is 1. The van der Waals surface area contributed by atoms with Gasteiger partial charge in [-0.1, -0.05) is 19.8 Å². The van der Waals surface area contributed by atoms with E-state index in [1.807, 2.05) is 0 Å². The van der Waals surface area contributed by atoms with Crippen molar-refractivity contribution in [3.05, 3.63) is 4.88 Å². The van der Waals surface area contributed by atoms with Gasteiger partial charge in [0.05, 0.1) is 17.7 Å². The van der Waals surface area contributed by atoms with E-state index < -0.39 is 0 Å². The quantitative estimate of drug-likeness (QED) is 0.565. The number of hydrogen-bond donors (Lipinski definition) is 2. The van der Waals surface area contributed by atoms with Crippen molar-refractivity contribution < 1.29 is 9.53 Å². The monoisotopic (exact) mass is 282 g/mol. The fourth-order valence-corrected chi connectivity index (χ4v) is 3.17. The van der Waals surface area contributed by atoms with Crippen molar-refractivity contribution in [2.24, 2.45) is 5.92 Å². The molecule has 0 saturated heterocycles. The van der Waals surface area contributed by atoms with Crippen molar-refractivity contribution in [2.45, 2.75) is 39.0 Å². The smallest absolute Gasteiger partial charge is 0.178 e. The normalized spacial score (nSPS) is 14.4. The second-order valence-corrected chi connectivity index (χ2v) is 6.00. The first-order valence-corrected chi connectivity index (χ1v) is 7.75. The molecular formula is C14H22N2O2S. The van der Waals surface area contributed by atoms with Crippen molar-refractivity contribution in [3.8, 4) is 5.75 Å². The maximum absolute atomic E-state index is 12.1. The van der Waals surface area contributed by atoms with Gasteiger partial charge in [-0.25, -0.2) is 0 Å². The van der Waals surface area contributed by atoms with Gasteiger partial charge >= 0.3 is 0 Å². The number of carbonyl (C=O) groups excluding carboxylic acids is 1. The zero-order valence-corrected chi connectivity index (χ0v) is 12.4. The van der Waals surface area contributed by atoms with Crippen LogP contribution in [0.25, 0.3) is 0 Å². The average Bonchev–Trinajstić information content (AvgIpc) is 3.19. The Labute approximate surface area is 118 Å². The van der Waals surface area contributed by atoms with Crippen LogP contribution >= 0.6 is 11.3 Å². The standard InChI is InChI=1S/C14H22N2O2S/c1-3-4-5-8-16-14-12(18-2)10(15)13(19-14)11(17)9-6-7-9/h9,16H,3-8,15H2,1-2H3. The Morgan fingerprint density at radius 2 is 2.21 bits per heavy atom. The predicted octanol–water partition coefficient (Wildman–Crippen LogP) is 3.53. The lowest BCUT2D eigenvalue weighted by atomic mass is 10.2. The number of thiophene rings is 1. The molecule has 2 rings (SSSR count). The van der Waals surface area contributed by atoms with Gasteiger partial charge < -0.3 is 15.8 Å². The minimum atomic E-state index is 0.183. The molecule has 1 saturated carbocycles. The van der Waals surface area contributed by atoms with E-state index in [0.717, 1.165) is 30.8 Å². The number of anilines is 2. The Morgan fingerprint density at radius 1 is 1.47 bits per heavy atom. The summed E-state index contributed by atoms with van der Waals surface area (Å²) in [6, 6.07) is 0. The third-order valence-electron chi connectivity index (χ3n) is 3.34. The SMILES string of the molecule is CCCCCNc1sc(C(=O)C2CC2)c(N)c1OC. The van der Waals surface area contributed by atoms with Crippen LogP contribution in [0.5, 0.6) is 5.75 Å². The summed E-state index contributed by atoms with van der Waals surface area (Å²) in [5, 5.41) is 4.22. The third-order valence-corrected chi connectivity index (χ3v) is 4.50. The summed E-state index contributed by atoms with van der Waals surface area (Å²) < 4.78 is 5.33. The summed E-state index contributed by atoms with van der Waals surface area (Å²) >= 11 is 1.43. The molecule has 0 amide bonds. The first kappa shape index (κ1) is 14.2. The van der Waals surface area contributed by atoms with E-state index in [2.05, 4.69) is 12.2 Å². The molecule has 3 N–H and O–H groups in total. The Kier molecular flexibility index (Phi) is 4.69. The first-order chi connectivity index (χ1) is 9.19. The van der Waals surface area contributed by atoms with Crippen molar-refractivity contribution in [1.82, 2.24) is 0 Å².